The number of carbonyl (C=O) groups excluding carboxylic acids is 2. The van der Waals surface area contributed by atoms with E-state index in [0.717, 1.165) is 22.5 Å². The summed E-state index contributed by atoms with van der Waals surface area (Å²) >= 11 is 1.21. The van der Waals surface area contributed by atoms with E-state index in [-0.39, 0.29) is 17.6 Å². The SMILES string of the molecule is Cc1cc(NC(=O)CSC2=Nc3ccccc3C3=N[C@@H](Cc4ccccc4)C(=O)N23)n[nH]1. The zero-order valence-corrected chi connectivity index (χ0v) is 18.1. The summed E-state index contributed by atoms with van der Waals surface area (Å²) in [6, 6.07) is 18.7. The molecule has 0 bridgehead atoms. The molecule has 3 heterocycles. The molecule has 0 saturated heterocycles. The largest absolute Gasteiger partial charge is 0.308 e. The summed E-state index contributed by atoms with van der Waals surface area (Å²) in [5.41, 5.74) is 3.45. The van der Waals surface area contributed by atoms with Gasteiger partial charge in [0, 0.05) is 23.7 Å². The molecule has 2 aliphatic rings. The Morgan fingerprint density at radius 3 is 2.72 bits per heavy atom. The molecular formula is C23H20N6O2S. The molecular weight excluding hydrogens is 424 g/mol. The number of carbonyl (C=O) groups is 2. The molecule has 0 aliphatic carbocycles. The molecule has 9 heteroatoms. The van der Waals surface area contributed by atoms with Crippen LogP contribution < -0.4 is 5.32 Å². The molecule has 1 aromatic heterocycles. The first-order chi connectivity index (χ1) is 15.6. The van der Waals surface area contributed by atoms with Crippen LogP contribution in [0.15, 0.2) is 70.6 Å². The smallest absolute Gasteiger partial charge is 0.259 e. The van der Waals surface area contributed by atoms with Crippen molar-refractivity contribution in [2.45, 2.75) is 19.4 Å². The van der Waals surface area contributed by atoms with E-state index in [9.17, 15) is 9.59 Å². The molecule has 0 saturated carbocycles. The van der Waals surface area contributed by atoms with Gasteiger partial charge in [0.05, 0.1) is 11.4 Å². The molecule has 2 N–H and O–H groups in total. The van der Waals surface area contributed by atoms with Crippen LogP contribution in [0.4, 0.5) is 11.5 Å². The van der Waals surface area contributed by atoms with Crippen molar-refractivity contribution in [1.29, 1.82) is 0 Å². The van der Waals surface area contributed by atoms with Gasteiger partial charge in [-0.25, -0.2) is 9.89 Å². The van der Waals surface area contributed by atoms with Gasteiger partial charge in [-0.2, -0.15) is 5.10 Å². The highest BCUT2D eigenvalue weighted by atomic mass is 32.2. The first-order valence-corrected chi connectivity index (χ1v) is 11.2. The number of benzene rings is 2. The minimum absolute atomic E-state index is 0.0906. The molecule has 160 valence electrons. The summed E-state index contributed by atoms with van der Waals surface area (Å²) in [7, 11) is 0. The van der Waals surface area contributed by atoms with Crippen molar-refractivity contribution in [3.8, 4) is 0 Å². The average molecular weight is 445 g/mol. The maximum atomic E-state index is 13.3. The fourth-order valence-electron chi connectivity index (χ4n) is 3.66. The Kier molecular flexibility index (Phi) is 5.32. The molecule has 2 aliphatic heterocycles. The zero-order chi connectivity index (χ0) is 22.1. The fraction of sp³-hybridized carbons (Fsp3) is 0.174. The van der Waals surface area contributed by atoms with Crippen molar-refractivity contribution in [3.05, 3.63) is 77.5 Å². The summed E-state index contributed by atoms with van der Waals surface area (Å²) in [5, 5.41) is 10.0. The Labute approximate surface area is 188 Å². The number of nitrogens with one attached hydrogen (secondary N) is 2. The molecule has 0 radical (unpaired) electrons. The lowest BCUT2D eigenvalue weighted by Gasteiger charge is -2.25. The summed E-state index contributed by atoms with van der Waals surface area (Å²) in [6.45, 7) is 1.86. The van der Waals surface area contributed by atoms with Gasteiger partial charge >= 0.3 is 0 Å². The van der Waals surface area contributed by atoms with E-state index in [1.807, 2.05) is 61.5 Å². The molecule has 8 nitrogen and oxygen atoms in total. The zero-order valence-electron chi connectivity index (χ0n) is 17.3. The molecule has 32 heavy (non-hydrogen) atoms. The van der Waals surface area contributed by atoms with Crippen molar-refractivity contribution >= 4 is 46.1 Å². The second-order valence-electron chi connectivity index (χ2n) is 7.52. The number of aromatic amines is 1. The predicted molar refractivity (Wildman–Crippen MR) is 125 cm³/mol. The number of hydrogen-bond donors (Lipinski definition) is 2. The normalized spacial score (nSPS) is 16.8. The number of amidine groups is 2. The third kappa shape index (κ3) is 3.94. The first kappa shape index (κ1) is 20.2. The number of aromatic nitrogens is 2. The van der Waals surface area contributed by atoms with E-state index >= 15 is 0 Å². The van der Waals surface area contributed by atoms with Crippen LogP contribution in [0, 0.1) is 6.92 Å². The van der Waals surface area contributed by atoms with Gasteiger partial charge in [0.25, 0.3) is 5.91 Å². The Bertz CT molecular complexity index is 1250. The standard InChI is InChI=1S/C23H20N6O2S/c1-14-11-19(28-27-14)26-20(30)13-32-23-25-17-10-6-5-9-16(17)21-24-18(22(31)29(21)23)12-15-7-3-2-4-8-15/h2-11,18H,12-13H2,1H3,(H2,26,27,28,30)/t18-/m0/s1. The molecule has 3 aromatic rings. The highest BCUT2D eigenvalue weighted by molar-refractivity contribution is 8.14. The van der Waals surface area contributed by atoms with E-state index in [4.69, 9.17) is 4.99 Å². The van der Waals surface area contributed by atoms with Crippen LogP contribution >= 0.6 is 11.8 Å². The van der Waals surface area contributed by atoms with Crippen molar-refractivity contribution in [3.63, 3.8) is 0 Å². The minimum atomic E-state index is -0.523. The third-order valence-electron chi connectivity index (χ3n) is 5.13. The Morgan fingerprint density at radius 2 is 1.94 bits per heavy atom. The van der Waals surface area contributed by atoms with Crippen molar-refractivity contribution in [1.82, 2.24) is 15.1 Å². The van der Waals surface area contributed by atoms with Crippen LogP contribution in [-0.4, -0.2) is 49.7 Å². The van der Waals surface area contributed by atoms with E-state index in [2.05, 4.69) is 20.5 Å². The first-order valence-electron chi connectivity index (χ1n) is 10.2. The minimum Gasteiger partial charge on any atom is -0.308 e. The van der Waals surface area contributed by atoms with Gasteiger partial charge in [0.15, 0.2) is 11.0 Å². The number of anilines is 1. The topological polar surface area (TPSA) is 103 Å². The van der Waals surface area contributed by atoms with Gasteiger partial charge in [-0.1, -0.05) is 54.2 Å². The number of nitrogens with zero attached hydrogens (tertiary/aromatic N) is 4. The lowest BCUT2D eigenvalue weighted by Crippen LogP contribution is -2.41. The Balaban J connectivity index is 1.37. The third-order valence-corrected chi connectivity index (χ3v) is 6.06. The second-order valence-corrected chi connectivity index (χ2v) is 8.46. The maximum absolute atomic E-state index is 13.3. The molecule has 0 spiro atoms. The molecule has 0 fully saturated rings. The second kappa shape index (κ2) is 8.43. The van der Waals surface area contributed by atoms with E-state index in [1.54, 1.807) is 11.0 Å². The number of fused-ring (bicyclic) bond motifs is 3. The number of aryl methyl sites for hydroxylation is 1. The van der Waals surface area contributed by atoms with Crippen LogP contribution in [0.1, 0.15) is 16.8 Å². The maximum Gasteiger partial charge on any atom is 0.259 e. The molecule has 0 unspecified atom stereocenters. The number of hydrogen-bond acceptors (Lipinski definition) is 6. The molecule has 1 atom stereocenters. The lowest BCUT2D eigenvalue weighted by molar-refractivity contribution is -0.124. The number of amides is 2. The van der Waals surface area contributed by atoms with Crippen LogP contribution in [0.3, 0.4) is 0 Å². The summed E-state index contributed by atoms with van der Waals surface area (Å²) in [5.74, 6) is 0.786. The summed E-state index contributed by atoms with van der Waals surface area (Å²) in [4.78, 5) is 36.7. The Hall–Kier alpha value is -3.72. The van der Waals surface area contributed by atoms with Gasteiger partial charge in [0.2, 0.25) is 5.91 Å². The Morgan fingerprint density at radius 1 is 1.16 bits per heavy atom. The number of thioether (sulfide) groups is 1. The van der Waals surface area contributed by atoms with E-state index in [1.165, 1.54) is 11.8 Å². The fourth-order valence-corrected chi connectivity index (χ4v) is 4.46. The van der Waals surface area contributed by atoms with Crippen LogP contribution in [-0.2, 0) is 16.0 Å². The van der Waals surface area contributed by atoms with Crippen LogP contribution in [0.25, 0.3) is 0 Å². The van der Waals surface area contributed by atoms with E-state index < -0.39 is 6.04 Å². The van der Waals surface area contributed by atoms with Gasteiger partial charge < -0.3 is 5.32 Å². The predicted octanol–water partition coefficient (Wildman–Crippen LogP) is 3.29. The monoisotopic (exact) mass is 444 g/mol. The summed E-state index contributed by atoms with van der Waals surface area (Å²) < 4.78 is 0. The average Bonchev–Trinajstić information content (AvgIpc) is 3.36. The number of rotatable bonds is 5. The quantitative estimate of drug-likeness (QED) is 0.630. The van der Waals surface area contributed by atoms with Crippen molar-refractivity contribution in [2.24, 2.45) is 9.98 Å². The van der Waals surface area contributed by atoms with Crippen LogP contribution in [0.2, 0.25) is 0 Å². The van der Waals surface area contributed by atoms with Gasteiger partial charge in [-0.05, 0) is 24.6 Å². The van der Waals surface area contributed by atoms with Crippen molar-refractivity contribution < 1.29 is 9.59 Å². The number of H-pyrrole nitrogens is 1. The van der Waals surface area contributed by atoms with Gasteiger partial charge in [-0.3, -0.25) is 19.7 Å². The van der Waals surface area contributed by atoms with Crippen LogP contribution in [0.5, 0.6) is 0 Å². The number of aliphatic imine (C=N–C) groups is 2. The number of para-hydroxylation sites is 1. The van der Waals surface area contributed by atoms with Crippen molar-refractivity contribution in [2.75, 3.05) is 11.1 Å². The molecule has 5 rings (SSSR count). The van der Waals surface area contributed by atoms with E-state index in [0.29, 0.717) is 23.2 Å². The highest BCUT2D eigenvalue weighted by Crippen LogP contribution is 2.34. The van der Waals surface area contributed by atoms with Gasteiger partial charge in [-0.15, -0.1) is 0 Å². The highest BCUT2D eigenvalue weighted by Gasteiger charge is 2.41. The lowest BCUT2D eigenvalue weighted by atomic mass is 10.1. The molecule has 2 aromatic carbocycles. The van der Waals surface area contributed by atoms with Gasteiger partial charge in [0.1, 0.15) is 11.9 Å². The molecule has 2 amide bonds. The summed E-state index contributed by atoms with van der Waals surface area (Å²) in [6.07, 6.45) is 0.513.